The zero-order valence-corrected chi connectivity index (χ0v) is 13.4. The largest absolute Gasteiger partial charge is 0.352 e. The van der Waals surface area contributed by atoms with Gasteiger partial charge in [0.15, 0.2) is 0 Å². The molecule has 0 atom stereocenters. The molecule has 7 heteroatoms. The van der Waals surface area contributed by atoms with Gasteiger partial charge in [0, 0.05) is 50.2 Å². The van der Waals surface area contributed by atoms with Crippen molar-refractivity contribution in [3.05, 3.63) is 42.6 Å². The van der Waals surface area contributed by atoms with Gasteiger partial charge in [-0.25, -0.2) is 9.97 Å². The molecular formula is C16H21N5O2. The van der Waals surface area contributed by atoms with Crippen LogP contribution in [0.5, 0.6) is 0 Å². The second-order valence-electron chi connectivity index (χ2n) is 4.94. The molecule has 0 fully saturated rings. The van der Waals surface area contributed by atoms with Gasteiger partial charge in [0.25, 0.3) is 5.91 Å². The third-order valence-electron chi connectivity index (χ3n) is 3.52. The first kappa shape index (κ1) is 16.7. The summed E-state index contributed by atoms with van der Waals surface area (Å²) in [6, 6.07) is 3.32. The number of nitrogens with one attached hydrogen (secondary N) is 1. The van der Waals surface area contributed by atoms with E-state index in [2.05, 4.69) is 15.3 Å². The molecule has 1 N–H and O–H groups in total. The highest BCUT2D eigenvalue weighted by Crippen LogP contribution is 2.07. The van der Waals surface area contributed by atoms with Crippen molar-refractivity contribution in [1.29, 1.82) is 0 Å². The topological polar surface area (TPSA) is 80.1 Å². The van der Waals surface area contributed by atoms with E-state index in [1.165, 1.54) is 0 Å². The van der Waals surface area contributed by atoms with Crippen LogP contribution in [0.25, 0.3) is 5.82 Å². The lowest BCUT2D eigenvalue weighted by atomic mass is 10.2. The fourth-order valence-corrected chi connectivity index (χ4v) is 2.21. The van der Waals surface area contributed by atoms with Gasteiger partial charge in [-0.15, -0.1) is 0 Å². The third kappa shape index (κ3) is 4.38. The number of carbonyl (C=O) groups excluding carboxylic acids is 2. The van der Waals surface area contributed by atoms with Crippen molar-refractivity contribution < 1.29 is 9.59 Å². The lowest BCUT2D eigenvalue weighted by molar-refractivity contribution is -0.130. The van der Waals surface area contributed by atoms with Gasteiger partial charge in [-0.3, -0.25) is 14.2 Å². The van der Waals surface area contributed by atoms with Gasteiger partial charge in [-0.2, -0.15) is 0 Å². The molecule has 0 saturated heterocycles. The zero-order chi connectivity index (χ0) is 16.7. The highest BCUT2D eigenvalue weighted by Gasteiger charge is 2.11. The predicted molar refractivity (Wildman–Crippen MR) is 86.2 cm³/mol. The average molecular weight is 315 g/mol. The molecular weight excluding hydrogens is 294 g/mol. The molecule has 0 saturated carbocycles. The molecule has 2 rings (SSSR count). The van der Waals surface area contributed by atoms with Gasteiger partial charge in [-0.1, -0.05) is 0 Å². The summed E-state index contributed by atoms with van der Waals surface area (Å²) in [6.45, 7) is 5.56. The molecule has 0 unspecified atom stereocenters. The normalized spacial score (nSPS) is 10.3. The molecule has 122 valence electrons. The molecule has 0 radical (unpaired) electrons. The fourth-order valence-electron chi connectivity index (χ4n) is 2.21. The quantitative estimate of drug-likeness (QED) is 0.834. The number of rotatable bonds is 7. The van der Waals surface area contributed by atoms with Gasteiger partial charge in [0.2, 0.25) is 5.91 Å². The number of carbonyl (C=O) groups is 2. The molecule has 0 aliphatic heterocycles. The second kappa shape index (κ2) is 8.07. The second-order valence-corrected chi connectivity index (χ2v) is 4.94. The van der Waals surface area contributed by atoms with Crippen LogP contribution >= 0.6 is 0 Å². The van der Waals surface area contributed by atoms with Crippen LogP contribution in [-0.4, -0.2) is 50.9 Å². The van der Waals surface area contributed by atoms with Crippen molar-refractivity contribution in [3.63, 3.8) is 0 Å². The van der Waals surface area contributed by atoms with Crippen LogP contribution < -0.4 is 5.32 Å². The number of hydrogen-bond donors (Lipinski definition) is 1. The van der Waals surface area contributed by atoms with Crippen molar-refractivity contribution >= 4 is 11.8 Å². The van der Waals surface area contributed by atoms with Crippen LogP contribution in [0.15, 0.2) is 37.1 Å². The van der Waals surface area contributed by atoms with Crippen LogP contribution in [0.1, 0.15) is 30.6 Å². The van der Waals surface area contributed by atoms with Gasteiger partial charge < -0.3 is 10.2 Å². The monoisotopic (exact) mass is 315 g/mol. The molecule has 0 aliphatic carbocycles. The van der Waals surface area contributed by atoms with Crippen LogP contribution in [0.4, 0.5) is 0 Å². The summed E-state index contributed by atoms with van der Waals surface area (Å²) in [5.41, 5.74) is 0.499. The molecule has 0 bridgehead atoms. The summed E-state index contributed by atoms with van der Waals surface area (Å²) in [6.07, 6.45) is 6.89. The molecule has 2 amide bonds. The smallest absolute Gasteiger partial charge is 0.251 e. The number of hydrogen-bond acceptors (Lipinski definition) is 4. The Morgan fingerprint density at radius 1 is 1.26 bits per heavy atom. The van der Waals surface area contributed by atoms with Crippen molar-refractivity contribution in [2.75, 3.05) is 19.6 Å². The lowest BCUT2D eigenvalue weighted by Crippen LogP contribution is -2.34. The Morgan fingerprint density at radius 3 is 2.70 bits per heavy atom. The van der Waals surface area contributed by atoms with E-state index in [9.17, 15) is 9.59 Å². The first-order valence-corrected chi connectivity index (χ1v) is 7.66. The van der Waals surface area contributed by atoms with E-state index in [-0.39, 0.29) is 11.8 Å². The molecule has 23 heavy (non-hydrogen) atoms. The van der Waals surface area contributed by atoms with E-state index in [1.54, 1.807) is 46.5 Å². The SMILES string of the molecule is CCN(CC)C(=O)CCNC(=O)c1ccnc(-n2ccnc2)c1. The van der Waals surface area contributed by atoms with Crippen molar-refractivity contribution in [1.82, 2.24) is 24.8 Å². The fraction of sp³-hybridized carbons (Fsp3) is 0.375. The average Bonchev–Trinajstić information content (AvgIpc) is 3.10. The molecule has 0 aromatic carbocycles. The number of aromatic nitrogens is 3. The van der Waals surface area contributed by atoms with Crippen LogP contribution in [-0.2, 0) is 4.79 Å². The van der Waals surface area contributed by atoms with E-state index in [1.807, 2.05) is 13.8 Å². The van der Waals surface area contributed by atoms with E-state index >= 15 is 0 Å². The Kier molecular flexibility index (Phi) is 5.85. The molecule has 0 aliphatic rings. The molecule has 2 aromatic heterocycles. The van der Waals surface area contributed by atoms with E-state index < -0.39 is 0 Å². The van der Waals surface area contributed by atoms with Gasteiger partial charge in [0.1, 0.15) is 12.1 Å². The minimum absolute atomic E-state index is 0.0455. The first-order valence-electron chi connectivity index (χ1n) is 7.66. The minimum atomic E-state index is -0.221. The van der Waals surface area contributed by atoms with Crippen LogP contribution in [0, 0.1) is 0 Å². The molecule has 7 nitrogen and oxygen atoms in total. The highest BCUT2D eigenvalue weighted by molar-refractivity contribution is 5.94. The Balaban J connectivity index is 1.91. The van der Waals surface area contributed by atoms with Crippen LogP contribution in [0.3, 0.4) is 0 Å². The molecule has 2 heterocycles. The van der Waals surface area contributed by atoms with Gasteiger partial charge in [-0.05, 0) is 26.0 Å². The maximum atomic E-state index is 12.2. The van der Waals surface area contributed by atoms with E-state index in [0.717, 1.165) is 0 Å². The summed E-state index contributed by atoms with van der Waals surface area (Å²) in [5.74, 6) is 0.444. The Labute approximate surface area is 135 Å². The van der Waals surface area contributed by atoms with Crippen molar-refractivity contribution in [2.24, 2.45) is 0 Å². The van der Waals surface area contributed by atoms with Crippen molar-refractivity contribution in [3.8, 4) is 5.82 Å². The van der Waals surface area contributed by atoms with Gasteiger partial charge >= 0.3 is 0 Å². The van der Waals surface area contributed by atoms with Crippen LogP contribution in [0.2, 0.25) is 0 Å². The standard InChI is InChI=1S/C16H21N5O2/c1-3-20(4-2)15(22)6-8-19-16(23)13-5-7-18-14(11-13)21-10-9-17-12-21/h5,7,9-12H,3-4,6,8H2,1-2H3,(H,19,23). The lowest BCUT2D eigenvalue weighted by Gasteiger charge is -2.18. The number of imidazole rings is 1. The Bertz CT molecular complexity index is 650. The summed E-state index contributed by atoms with van der Waals surface area (Å²) in [7, 11) is 0. The first-order chi connectivity index (χ1) is 11.2. The highest BCUT2D eigenvalue weighted by atomic mass is 16.2. The third-order valence-corrected chi connectivity index (χ3v) is 3.52. The molecule has 2 aromatic rings. The molecule has 0 spiro atoms. The number of amides is 2. The Hall–Kier alpha value is -2.70. The predicted octanol–water partition coefficient (Wildman–Crippen LogP) is 1.26. The van der Waals surface area contributed by atoms with E-state index in [4.69, 9.17) is 0 Å². The summed E-state index contributed by atoms with van der Waals surface area (Å²) in [4.78, 5) is 34.0. The number of pyridine rings is 1. The maximum Gasteiger partial charge on any atom is 0.251 e. The van der Waals surface area contributed by atoms with Crippen molar-refractivity contribution in [2.45, 2.75) is 20.3 Å². The maximum absolute atomic E-state index is 12.2. The number of nitrogens with zero attached hydrogens (tertiary/aromatic N) is 4. The summed E-state index contributed by atoms with van der Waals surface area (Å²) in [5, 5.41) is 2.77. The zero-order valence-electron chi connectivity index (χ0n) is 13.4. The van der Waals surface area contributed by atoms with E-state index in [0.29, 0.717) is 37.4 Å². The van der Waals surface area contributed by atoms with Gasteiger partial charge in [0.05, 0.1) is 0 Å². The summed E-state index contributed by atoms with van der Waals surface area (Å²) >= 11 is 0. The minimum Gasteiger partial charge on any atom is -0.352 e. The summed E-state index contributed by atoms with van der Waals surface area (Å²) < 4.78 is 1.72. The Morgan fingerprint density at radius 2 is 2.04 bits per heavy atom.